The molecule has 0 bridgehead atoms. The van der Waals surface area contributed by atoms with Crippen LogP contribution in [0.4, 0.5) is 0 Å². The molecular weight excluding hydrogens is 376 g/mol. The third-order valence-corrected chi connectivity index (χ3v) is 6.33. The first kappa shape index (κ1) is 20.0. The average Bonchev–Trinajstić information content (AvgIpc) is 2.72. The lowest BCUT2D eigenvalue weighted by molar-refractivity contribution is -0.0258. The number of nitrogens with one attached hydrogen (secondary N) is 1. The highest BCUT2D eigenvalue weighted by molar-refractivity contribution is 7.89. The van der Waals surface area contributed by atoms with Crippen LogP contribution in [0.25, 0.3) is 10.8 Å². The van der Waals surface area contributed by atoms with Gasteiger partial charge >= 0.3 is 0 Å². The number of nitrogens with zero attached hydrogens (tertiary/aromatic N) is 1. The summed E-state index contributed by atoms with van der Waals surface area (Å²) < 4.78 is 25.2. The minimum Gasteiger partial charge on any atom is -0.346 e. The molecule has 1 amide bonds. The van der Waals surface area contributed by atoms with Gasteiger partial charge in [-0.25, -0.2) is 8.42 Å². The molecule has 0 fully saturated rings. The van der Waals surface area contributed by atoms with E-state index in [4.69, 9.17) is 4.84 Å². The Bertz CT molecular complexity index is 1090. The van der Waals surface area contributed by atoms with Gasteiger partial charge < -0.3 is 5.32 Å². The first-order valence-electron chi connectivity index (χ1n) is 8.75. The Balaban J connectivity index is 1.75. The summed E-state index contributed by atoms with van der Waals surface area (Å²) in [6.45, 7) is 1.91. The highest BCUT2D eigenvalue weighted by atomic mass is 32.2. The first-order valence-corrected chi connectivity index (χ1v) is 10.2. The van der Waals surface area contributed by atoms with Gasteiger partial charge in [0.25, 0.3) is 15.9 Å². The largest absolute Gasteiger partial charge is 0.346 e. The van der Waals surface area contributed by atoms with E-state index >= 15 is 0 Å². The second-order valence-corrected chi connectivity index (χ2v) is 8.36. The number of rotatable bonds is 6. The van der Waals surface area contributed by atoms with Gasteiger partial charge in [0, 0.05) is 12.6 Å². The molecule has 146 valence electrons. The Morgan fingerprint density at radius 2 is 1.64 bits per heavy atom. The maximum atomic E-state index is 12.5. The highest BCUT2D eigenvalue weighted by Gasteiger charge is 2.21. The van der Waals surface area contributed by atoms with Gasteiger partial charge in [-0.1, -0.05) is 40.9 Å². The van der Waals surface area contributed by atoms with E-state index in [-0.39, 0.29) is 16.8 Å². The number of fused-ring (bicyclic) bond motifs is 1. The number of carbonyl (C=O) groups is 1. The van der Waals surface area contributed by atoms with Crippen molar-refractivity contribution in [2.24, 2.45) is 0 Å². The molecule has 0 radical (unpaired) electrons. The van der Waals surface area contributed by atoms with Crippen molar-refractivity contribution in [1.82, 2.24) is 9.79 Å². The minimum absolute atomic E-state index is 0.0518. The zero-order chi connectivity index (χ0) is 20.3. The van der Waals surface area contributed by atoms with Crippen LogP contribution in [0.5, 0.6) is 0 Å². The number of hydrogen-bond donors (Lipinski definition) is 1. The van der Waals surface area contributed by atoms with Crippen molar-refractivity contribution in [2.45, 2.75) is 17.9 Å². The Kier molecular flexibility index (Phi) is 5.79. The lowest BCUT2D eigenvalue weighted by atomic mass is 10.0. The first-order chi connectivity index (χ1) is 13.3. The van der Waals surface area contributed by atoms with Crippen molar-refractivity contribution >= 4 is 26.7 Å². The van der Waals surface area contributed by atoms with Crippen molar-refractivity contribution in [3.63, 3.8) is 0 Å². The minimum atomic E-state index is -3.74. The maximum absolute atomic E-state index is 12.5. The molecule has 0 heterocycles. The van der Waals surface area contributed by atoms with Gasteiger partial charge in [0.05, 0.1) is 18.0 Å². The third kappa shape index (κ3) is 4.06. The molecule has 1 unspecified atom stereocenters. The van der Waals surface area contributed by atoms with Crippen molar-refractivity contribution in [2.75, 3.05) is 14.2 Å². The van der Waals surface area contributed by atoms with Gasteiger partial charge in [-0.3, -0.25) is 9.63 Å². The molecule has 0 aliphatic rings. The van der Waals surface area contributed by atoms with E-state index in [0.29, 0.717) is 5.56 Å². The van der Waals surface area contributed by atoms with Crippen molar-refractivity contribution < 1.29 is 18.0 Å². The second-order valence-electron chi connectivity index (χ2n) is 6.42. The Morgan fingerprint density at radius 3 is 2.29 bits per heavy atom. The molecule has 3 aromatic rings. The number of sulfonamides is 1. The summed E-state index contributed by atoms with van der Waals surface area (Å²) in [6.07, 6.45) is 0. The van der Waals surface area contributed by atoms with Gasteiger partial charge in [0.2, 0.25) is 0 Å². The molecule has 28 heavy (non-hydrogen) atoms. The number of benzene rings is 3. The van der Waals surface area contributed by atoms with Gasteiger partial charge in [-0.2, -0.15) is 0 Å². The van der Waals surface area contributed by atoms with Crippen LogP contribution in [0.15, 0.2) is 71.6 Å². The van der Waals surface area contributed by atoms with Gasteiger partial charge in [-0.15, -0.1) is 0 Å². The van der Waals surface area contributed by atoms with E-state index in [0.717, 1.165) is 20.8 Å². The maximum Gasteiger partial charge on any atom is 0.264 e. The van der Waals surface area contributed by atoms with Crippen molar-refractivity contribution in [1.29, 1.82) is 0 Å². The predicted molar refractivity (Wildman–Crippen MR) is 108 cm³/mol. The fourth-order valence-electron chi connectivity index (χ4n) is 2.87. The molecule has 0 saturated carbocycles. The van der Waals surface area contributed by atoms with Crippen molar-refractivity contribution in [3.05, 3.63) is 77.9 Å². The van der Waals surface area contributed by atoms with E-state index in [1.807, 2.05) is 43.3 Å². The smallest absolute Gasteiger partial charge is 0.264 e. The number of carbonyl (C=O) groups excluding carboxylic acids is 1. The van der Waals surface area contributed by atoms with Crippen LogP contribution in [0.3, 0.4) is 0 Å². The molecule has 3 rings (SSSR count). The molecule has 1 atom stereocenters. The van der Waals surface area contributed by atoms with E-state index < -0.39 is 10.0 Å². The number of amides is 1. The summed E-state index contributed by atoms with van der Waals surface area (Å²) in [6, 6.07) is 19.7. The molecule has 0 aromatic heterocycles. The van der Waals surface area contributed by atoms with Crippen LogP contribution in [0.1, 0.15) is 28.9 Å². The molecule has 0 spiro atoms. The lowest BCUT2D eigenvalue weighted by Gasteiger charge is -2.16. The predicted octanol–water partition coefficient (Wildman–Crippen LogP) is 3.51. The fraction of sp³-hybridized carbons (Fsp3) is 0.190. The van der Waals surface area contributed by atoms with Crippen LogP contribution < -0.4 is 5.32 Å². The van der Waals surface area contributed by atoms with E-state index in [9.17, 15) is 13.2 Å². The van der Waals surface area contributed by atoms with Gasteiger partial charge in [-0.05, 0) is 53.6 Å². The van der Waals surface area contributed by atoms with Crippen LogP contribution in [-0.2, 0) is 14.9 Å². The summed E-state index contributed by atoms with van der Waals surface area (Å²) in [5.74, 6) is -0.273. The molecule has 7 heteroatoms. The molecule has 0 aliphatic heterocycles. The number of hydroxylamine groups is 1. The van der Waals surface area contributed by atoms with Gasteiger partial charge in [0.15, 0.2) is 0 Å². The Morgan fingerprint density at radius 1 is 1.00 bits per heavy atom. The van der Waals surface area contributed by atoms with Crippen LogP contribution in [0.2, 0.25) is 0 Å². The average molecular weight is 398 g/mol. The topological polar surface area (TPSA) is 75.7 Å². The third-order valence-electron chi connectivity index (χ3n) is 4.63. The number of hydrogen-bond acceptors (Lipinski definition) is 4. The SMILES string of the molecule is CON(C)S(=O)(=O)c1ccc(C(=O)NC(C)c2ccc3ccccc3c2)cc1. The van der Waals surface area contributed by atoms with E-state index in [2.05, 4.69) is 11.4 Å². The second kappa shape index (κ2) is 8.10. The van der Waals surface area contributed by atoms with E-state index in [1.165, 1.54) is 38.4 Å². The zero-order valence-corrected chi connectivity index (χ0v) is 16.7. The Labute approximate surface area is 164 Å². The highest BCUT2D eigenvalue weighted by Crippen LogP contribution is 2.21. The molecule has 1 N–H and O–H groups in total. The molecule has 6 nitrogen and oxygen atoms in total. The van der Waals surface area contributed by atoms with Gasteiger partial charge in [0.1, 0.15) is 0 Å². The summed E-state index contributed by atoms with van der Waals surface area (Å²) in [7, 11) is -1.16. The molecule has 3 aromatic carbocycles. The van der Waals surface area contributed by atoms with E-state index in [1.54, 1.807) is 0 Å². The normalized spacial score (nSPS) is 12.9. The van der Waals surface area contributed by atoms with Crippen LogP contribution in [-0.4, -0.2) is 33.0 Å². The summed E-state index contributed by atoms with van der Waals surface area (Å²) >= 11 is 0. The Hall–Kier alpha value is -2.74. The van der Waals surface area contributed by atoms with Crippen LogP contribution >= 0.6 is 0 Å². The monoisotopic (exact) mass is 398 g/mol. The van der Waals surface area contributed by atoms with Crippen molar-refractivity contribution in [3.8, 4) is 0 Å². The molecular formula is C21H22N2O4S. The quantitative estimate of drug-likeness (QED) is 0.645. The summed E-state index contributed by atoms with van der Waals surface area (Å²) in [5, 5.41) is 5.20. The standard InChI is InChI=1S/C21H22N2O4S/c1-15(18-9-8-16-6-4-5-7-19(16)14-18)22-21(24)17-10-12-20(13-11-17)28(25,26)23(2)27-3/h4-15H,1-3H3,(H,22,24). The molecule has 0 aliphatic carbocycles. The van der Waals surface area contributed by atoms with Crippen LogP contribution in [0, 0.1) is 0 Å². The fourth-order valence-corrected chi connectivity index (χ4v) is 3.84. The zero-order valence-electron chi connectivity index (χ0n) is 15.9. The molecule has 0 saturated heterocycles. The lowest BCUT2D eigenvalue weighted by Crippen LogP contribution is -2.27. The summed E-state index contributed by atoms with van der Waals surface area (Å²) in [5.41, 5.74) is 1.37. The summed E-state index contributed by atoms with van der Waals surface area (Å²) in [4.78, 5) is 17.3.